The Morgan fingerprint density at radius 3 is 2.55 bits per heavy atom. The van der Waals surface area contributed by atoms with Gasteiger partial charge in [-0.2, -0.15) is 0 Å². The third kappa shape index (κ3) is 3.74. The van der Waals surface area contributed by atoms with Crippen LogP contribution in [0.15, 0.2) is 18.0 Å². The fourth-order valence-electron chi connectivity index (χ4n) is 2.13. The van der Waals surface area contributed by atoms with E-state index in [2.05, 4.69) is 0 Å². The summed E-state index contributed by atoms with van der Waals surface area (Å²) < 4.78 is 0. The van der Waals surface area contributed by atoms with Gasteiger partial charge < -0.3 is 16.5 Å². The van der Waals surface area contributed by atoms with Crippen molar-refractivity contribution in [3.8, 4) is 0 Å². The summed E-state index contributed by atoms with van der Waals surface area (Å²) in [6, 6.07) is 1.83. The first-order valence-electron chi connectivity index (χ1n) is 6.54. The molecular formula is C14H24N4OS. The number of thiophene rings is 1. The zero-order chi connectivity index (χ0) is 15.5. The highest BCUT2D eigenvalue weighted by Gasteiger charge is 2.34. The van der Waals surface area contributed by atoms with Crippen molar-refractivity contribution >= 4 is 22.1 Å². The van der Waals surface area contributed by atoms with Gasteiger partial charge in [0.2, 0.25) is 0 Å². The third-order valence-corrected chi connectivity index (χ3v) is 4.50. The van der Waals surface area contributed by atoms with Crippen molar-refractivity contribution in [3.63, 3.8) is 0 Å². The summed E-state index contributed by atoms with van der Waals surface area (Å²) in [6.07, 6.45) is 2.81. The van der Waals surface area contributed by atoms with Crippen LogP contribution in [0.4, 0.5) is 5.00 Å². The van der Waals surface area contributed by atoms with Gasteiger partial charge in [0.1, 0.15) is 0 Å². The Bertz CT molecular complexity index is 521. The number of carbonyl (C=O) groups is 1. The number of hydrazine groups is 1. The number of hydrogen-bond donors (Lipinski definition) is 3. The number of nitrogens with two attached hydrogens (primary N) is 3. The van der Waals surface area contributed by atoms with Gasteiger partial charge >= 0.3 is 0 Å². The molecule has 5 nitrogen and oxygen atoms in total. The Morgan fingerprint density at radius 1 is 1.55 bits per heavy atom. The number of Topliss-reactive ketones (excluding diaryl/α,β-unsaturated/α-hetero) is 1. The van der Waals surface area contributed by atoms with E-state index in [1.165, 1.54) is 16.3 Å². The van der Waals surface area contributed by atoms with Gasteiger partial charge in [0, 0.05) is 30.8 Å². The van der Waals surface area contributed by atoms with Crippen molar-refractivity contribution in [2.45, 2.75) is 33.6 Å². The average molecular weight is 296 g/mol. The number of nitrogen functional groups attached to an aromatic ring is 1. The smallest absolute Gasteiger partial charge is 0.179 e. The van der Waals surface area contributed by atoms with Crippen LogP contribution in [0.1, 0.15) is 41.9 Å². The first-order chi connectivity index (χ1) is 9.19. The van der Waals surface area contributed by atoms with Gasteiger partial charge in [-0.15, -0.1) is 11.3 Å². The molecule has 0 aliphatic rings. The van der Waals surface area contributed by atoms with Crippen LogP contribution in [0.5, 0.6) is 0 Å². The van der Waals surface area contributed by atoms with Crippen molar-refractivity contribution in [2.75, 3.05) is 12.8 Å². The predicted octanol–water partition coefficient (Wildman–Crippen LogP) is 2.23. The molecule has 1 unspecified atom stereocenters. The van der Waals surface area contributed by atoms with Gasteiger partial charge in [0.15, 0.2) is 5.78 Å². The van der Waals surface area contributed by atoms with Crippen molar-refractivity contribution in [1.82, 2.24) is 5.01 Å². The Balaban J connectivity index is 3.04. The van der Waals surface area contributed by atoms with E-state index in [1.807, 2.05) is 26.8 Å². The number of aryl methyl sites for hydroxylation is 1. The molecule has 20 heavy (non-hydrogen) atoms. The Kier molecular flexibility index (Phi) is 5.19. The number of nitrogens with zero attached hydrogens (tertiary/aromatic N) is 1. The Morgan fingerprint density at radius 2 is 2.15 bits per heavy atom. The zero-order valence-electron chi connectivity index (χ0n) is 12.6. The third-order valence-electron chi connectivity index (χ3n) is 3.44. The lowest BCUT2D eigenvalue weighted by Gasteiger charge is -2.27. The Hall–Kier alpha value is -1.53. The van der Waals surface area contributed by atoms with Crippen molar-refractivity contribution in [2.24, 2.45) is 17.0 Å². The summed E-state index contributed by atoms with van der Waals surface area (Å²) >= 11 is 1.34. The molecule has 0 fully saturated rings. The predicted molar refractivity (Wildman–Crippen MR) is 85.0 cm³/mol. The molecule has 1 atom stereocenters. The number of hydrogen-bond acceptors (Lipinski definition) is 6. The molecule has 0 spiro atoms. The molecule has 6 heteroatoms. The first-order valence-corrected chi connectivity index (χ1v) is 7.35. The topological polar surface area (TPSA) is 98.4 Å². The molecule has 1 aromatic heterocycles. The molecule has 0 amide bonds. The van der Waals surface area contributed by atoms with Crippen LogP contribution in [0.25, 0.3) is 0 Å². The molecule has 112 valence electrons. The minimum absolute atomic E-state index is 0.0928. The van der Waals surface area contributed by atoms with Crippen LogP contribution in [-0.2, 0) is 0 Å². The van der Waals surface area contributed by atoms with Gasteiger partial charge in [-0.05, 0) is 25.0 Å². The molecule has 1 heterocycles. The zero-order valence-corrected chi connectivity index (χ0v) is 13.4. The second-order valence-corrected chi connectivity index (χ2v) is 6.53. The van der Waals surface area contributed by atoms with Gasteiger partial charge in [0.25, 0.3) is 0 Å². The molecule has 0 bridgehead atoms. The quantitative estimate of drug-likeness (QED) is 0.425. The fraction of sp³-hybridized carbons (Fsp3) is 0.500. The SMILES string of the molecule is CCC(C)(C/C(N)=C/N(C)N)C(=O)c1sc(N)cc1C. The van der Waals surface area contributed by atoms with E-state index in [0.717, 1.165) is 10.4 Å². The van der Waals surface area contributed by atoms with Gasteiger partial charge in [-0.1, -0.05) is 13.8 Å². The van der Waals surface area contributed by atoms with Crippen LogP contribution in [0, 0.1) is 12.3 Å². The maximum Gasteiger partial charge on any atom is 0.179 e. The summed E-state index contributed by atoms with van der Waals surface area (Å²) in [5.41, 5.74) is 12.7. The molecule has 0 radical (unpaired) electrons. The van der Waals surface area contributed by atoms with Crippen LogP contribution >= 0.6 is 11.3 Å². The van der Waals surface area contributed by atoms with Crippen molar-refractivity contribution in [3.05, 3.63) is 28.4 Å². The molecule has 0 aromatic carbocycles. The number of ketones is 1. The normalized spacial score (nSPS) is 14.9. The van der Waals surface area contributed by atoms with E-state index in [9.17, 15) is 4.79 Å². The number of rotatable bonds is 6. The summed E-state index contributed by atoms with van der Waals surface area (Å²) in [6.45, 7) is 5.83. The van der Waals surface area contributed by atoms with E-state index >= 15 is 0 Å². The van der Waals surface area contributed by atoms with E-state index in [0.29, 0.717) is 23.5 Å². The average Bonchev–Trinajstić information content (AvgIpc) is 2.66. The molecule has 1 aromatic rings. The standard InChI is InChI=1S/C14H24N4OS/c1-5-14(3,7-10(15)8-18(4)17)13(19)12-9(2)6-11(16)20-12/h6,8H,5,7,15-17H2,1-4H3/b10-8-. The number of anilines is 1. The van der Waals surface area contributed by atoms with Gasteiger partial charge in [0.05, 0.1) is 9.88 Å². The molecule has 0 aliphatic heterocycles. The van der Waals surface area contributed by atoms with Gasteiger partial charge in [-0.3, -0.25) is 4.79 Å². The first kappa shape index (κ1) is 16.5. The van der Waals surface area contributed by atoms with Crippen molar-refractivity contribution in [1.29, 1.82) is 0 Å². The summed E-state index contributed by atoms with van der Waals surface area (Å²) in [5, 5.41) is 2.05. The summed E-state index contributed by atoms with van der Waals surface area (Å²) in [4.78, 5) is 13.5. The number of allylic oxidation sites excluding steroid dienone is 1. The van der Waals surface area contributed by atoms with E-state index < -0.39 is 5.41 Å². The fourth-order valence-corrected chi connectivity index (χ4v) is 3.16. The highest BCUT2D eigenvalue weighted by molar-refractivity contribution is 7.18. The summed E-state index contributed by atoms with van der Waals surface area (Å²) in [7, 11) is 1.70. The van der Waals surface area contributed by atoms with Crippen LogP contribution in [-0.4, -0.2) is 17.8 Å². The lowest BCUT2D eigenvalue weighted by Crippen LogP contribution is -2.30. The van der Waals surface area contributed by atoms with Gasteiger partial charge in [-0.25, -0.2) is 5.84 Å². The van der Waals surface area contributed by atoms with E-state index in [4.69, 9.17) is 17.3 Å². The minimum atomic E-state index is -0.543. The Labute approximate surface area is 124 Å². The second-order valence-electron chi connectivity index (χ2n) is 5.45. The molecule has 1 rings (SSSR count). The summed E-state index contributed by atoms with van der Waals surface area (Å²) in [5.74, 6) is 5.64. The highest BCUT2D eigenvalue weighted by atomic mass is 32.1. The largest absolute Gasteiger partial charge is 0.401 e. The molecule has 6 N–H and O–H groups in total. The van der Waals surface area contributed by atoms with Crippen LogP contribution < -0.4 is 17.3 Å². The highest BCUT2D eigenvalue weighted by Crippen LogP contribution is 2.36. The lowest BCUT2D eigenvalue weighted by atomic mass is 9.78. The van der Waals surface area contributed by atoms with Crippen LogP contribution in [0.3, 0.4) is 0 Å². The maximum atomic E-state index is 12.8. The minimum Gasteiger partial charge on any atom is -0.401 e. The second kappa shape index (κ2) is 6.28. The molecule has 0 saturated heterocycles. The number of carbonyl (C=O) groups excluding carboxylic acids is 1. The van der Waals surface area contributed by atoms with E-state index in [1.54, 1.807) is 13.2 Å². The maximum absolute atomic E-state index is 12.8. The van der Waals surface area contributed by atoms with Crippen LogP contribution in [0.2, 0.25) is 0 Å². The monoisotopic (exact) mass is 296 g/mol. The lowest BCUT2D eigenvalue weighted by molar-refractivity contribution is 0.0811. The molecular weight excluding hydrogens is 272 g/mol. The van der Waals surface area contributed by atoms with Crippen molar-refractivity contribution < 1.29 is 4.79 Å². The molecule has 0 aliphatic carbocycles. The van der Waals surface area contributed by atoms with E-state index in [-0.39, 0.29) is 5.78 Å². The molecule has 0 saturated carbocycles.